The van der Waals surface area contributed by atoms with Crippen molar-refractivity contribution in [3.8, 4) is 11.4 Å². The third kappa shape index (κ3) is 4.42. The highest BCUT2D eigenvalue weighted by Crippen LogP contribution is 2.14. The first-order valence-electron chi connectivity index (χ1n) is 6.84. The maximum atomic E-state index is 4.39. The van der Waals surface area contributed by atoms with Crippen LogP contribution in [-0.2, 0) is 0 Å². The van der Waals surface area contributed by atoms with Crippen LogP contribution in [0.1, 0.15) is 13.3 Å². The highest BCUT2D eigenvalue weighted by atomic mass is 15.3. The molecule has 108 valence electrons. The van der Waals surface area contributed by atoms with Gasteiger partial charge in [0.25, 0.3) is 0 Å². The van der Waals surface area contributed by atoms with E-state index in [1.54, 1.807) is 18.5 Å². The molecule has 2 aromatic rings. The maximum Gasteiger partial charge on any atom is 0.242 e. The van der Waals surface area contributed by atoms with Crippen LogP contribution in [0.15, 0.2) is 61.0 Å². The van der Waals surface area contributed by atoms with Crippen LogP contribution < -0.4 is 5.32 Å². The van der Waals surface area contributed by atoms with Gasteiger partial charge in [-0.1, -0.05) is 30.9 Å². The molecule has 0 aliphatic rings. The van der Waals surface area contributed by atoms with Crippen LogP contribution in [0.3, 0.4) is 0 Å². The van der Waals surface area contributed by atoms with Crippen LogP contribution in [0.25, 0.3) is 11.4 Å². The summed E-state index contributed by atoms with van der Waals surface area (Å²) in [6, 6.07) is 3.81. The number of rotatable bonds is 7. The molecule has 5 heteroatoms. The van der Waals surface area contributed by atoms with Crippen LogP contribution >= 0.6 is 0 Å². The fraction of sp³-hybridized carbons (Fsp3) is 0.188. The molecular weight excluding hydrogens is 262 g/mol. The van der Waals surface area contributed by atoms with Gasteiger partial charge in [0.2, 0.25) is 5.95 Å². The first-order valence-corrected chi connectivity index (χ1v) is 6.84. The summed E-state index contributed by atoms with van der Waals surface area (Å²) < 4.78 is 0. The highest BCUT2D eigenvalue weighted by molar-refractivity contribution is 5.54. The van der Waals surface area contributed by atoms with Crippen molar-refractivity contribution in [2.75, 3.05) is 11.9 Å². The van der Waals surface area contributed by atoms with E-state index >= 15 is 0 Å². The topological polar surface area (TPSA) is 66.5 Å². The van der Waals surface area contributed by atoms with E-state index in [2.05, 4.69) is 38.1 Å². The SMILES string of the molecule is C=C/C=C(\C=C/C)CCNc1n[nH]c(-c2cccnc2)n1. The van der Waals surface area contributed by atoms with Gasteiger partial charge in [-0.25, -0.2) is 0 Å². The fourth-order valence-electron chi connectivity index (χ4n) is 1.88. The van der Waals surface area contributed by atoms with Crippen LogP contribution in [-0.4, -0.2) is 26.7 Å². The standard InChI is InChI=1S/C16H19N5/c1-3-6-13(7-4-2)9-11-18-16-19-15(20-21-16)14-8-5-10-17-12-14/h3-8,10,12H,1,9,11H2,2H3,(H2,18,19,20,21)/b7-4-,13-6+. The van der Waals surface area contributed by atoms with Gasteiger partial charge in [0.15, 0.2) is 5.82 Å². The monoisotopic (exact) mass is 281 g/mol. The van der Waals surface area contributed by atoms with Crippen molar-refractivity contribution in [3.05, 3.63) is 61.0 Å². The molecule has 0 fully saturated rings. The summed E-state index contributed by atoms with van der Waals surface area (Å²) in [7, 11) is 0. The first-order chi connectivity index (χ1) is 10.3. The minimum atomic E-state index is 0.590. The van der Waals surface area contributed by atoms with E-state index in [4.69, 9.17) is 0 Å². The van der Waals surface area contributed by atoms with Crippen molar-refractivity contribution in [1.29, 1.82) is 0 Å². The molecule has 0 saturated heterocycles. The highest BCUT2D eigenvalue weighted by Gasteiger charge is 2.04. The molecule has 2 N–H and O–H groups in total. The van der Waals surface area contributed by atoms with Gasteiger partial charge in [0.05, 0.1) is 0 Å². The average molecular weight is 281 g/mol. The van der Waals surface area contributed by atoms with Crippen LogP contribution in [0.2, 0.25) is 0 Å². The Morgan fingerprint density at radius 1 is 1.48 bits per heavy atom. The maximum absolute atomic E-state index is 4.39. The third-order valence-electron chi connectivity index (χ3n) is 2.83. The Hall–Kier alpha value is -2.69. The smallest absolute Gasteiger partial charge is 0.242 e. The number of pyridine rings is 1. The van der Waals surface area contributed by atoms with Crippen molar-refractivity contribution in [3.63, 3.8) is 0 Å². The molecule has 0 unspecified atom stereocenters. The number of H-pyrrole nitrogens is 1. The summed E-state index contributed by atoms with van der Waals surface area (Å²) in [6.07, 6.45) is 12.2. The molecule has 0 aliphatic carbocycles. The minimum Gasteiger partial charge on any atom is -0.353 e. The summed E-state index contributed by atoms with van der Waals surface area (Å²) in [6.45, 7) is 6.48. The molecule has 0 aromatic carbocycles. The molecule has 0 atom stereocenters. The van der Waals surface area contributed by atoms with Crippen molar-refractivity contribution < 1.29 is 0 Å². The predicted molar refractivity (Wildman–Crippen MR) is 85.8 cm³/mol. The quantitative estimate of drug-likeness (QED) is 0.764. The lowest BCUT2D eigenvalue weighted by molar-refractivity contribution is 0.988. The summed E-state index contributed by atoms with van der Waals surface area (Å²) >= 11 is 0. The van der Waals surface area contributed by atoms with Gasteiger partial charge in [-0.2, -0.15) is 4.98 Å². The molecule has 0 spiro atoms. The van der Waals surface area contributed by atoms with E-state index in [-0.39, 0.29) is 0 Å². The number of hydrogen-bond donors (Lipinski definition) is 2. The zero-order valence-electron chi connectivity index (χ0n) is 12.1. The Balaban J connectivity index is 1.92. The van der Waals surface area contributed by atoms with Crippen LogP contribution in [0.4, 0.5) is 5.95 Å². The zero-order valence-corrected chi connectivity index (χ0v) is 12.1. The lowest BCUT2D eigenvalue weighted by Crippen LogP contribution is -2.03. The molecule has 2 rings (SSSR count). The Labute approximate surface area is 124 Å². The lowest BCUT2D eigenvalue weighted by Gasteiger charge is -2.02. The molecule has 0 bridgehead atoms. The Bertz CT molecular complexity index is 625. The summed E-state index contributed by atoms with van der Waals surface area (Å²) in [5.41, 5.74) is 2.13. The first kappa shape index (κ1) is 14.7. The normalized spacial score (nSPS) is 11.8. The molecule has 0 aliphatic heterocycles. The van der Waals surface area contributed by atoms with Gasteiger partial charge in [-0.3, -0.25) is 10.1 Å². The molecule has 21 heavy (non-hydrogen) atoms. The summed E-state index contributed by atoms with van der Waals surface area (Å²) in [5, 5.41) is 10.3. The molecule has 0 radical (unpaired) electrons. The van der Waals surface area contributed by atoms with Crippen LogP contribution in [0, 0.1) is 0 Å². The van der Waals surface area contributed by atoms with E-state index in [0.29, 0.717) is 11.8 Å². The minimum absolute atomic E-state index is 0.590. The second kappa shape index (κ2) is 7.79. The van der Waals surface area contributed by atoms with Gasteiger partial charge in [-0.05, 0) is 31.1 Å². The fourth-order valence-corrected chi connectivity index (χ4v) is 1.88. The number of nitrogens with zero attached hydrogens (tertiary/aromatic N) is 3. The summed E-state index contributed by atoms with van der Waals surface area (Å²) in [5.74, 6) is 1.30. The van der Waals surface area contributed by atoms with Gasteiger partial charge in [0.1, 0.15) is 0 Å². The number of aromatic amines is 1. The Morgan fingerprint density at radius 2 is 2.38 bits per heavy atom. The largest absolute Gasteiger partial charge is 0.353 e. The van der Waals surface area contributed by atoms with Crippen molar-refractivity contribution in [2.45, 2.75) is 13.3 Å². The molecule has 2 heterocycles. The zero-order chi connectivity index (χ0) is 14.9. The van der Waals surface area contributed by atoms with Crippen molar-refractivity contribution in [2.24, 2.45) is 0 Å². The van der Waals surface area contributed by atoms with E-state index in [9.17, 15) is 0 Å². The van der Waals surface area contributed by atoms with E-state index in [0.717, 1.165) is 18.5 Å². The van der Waals surface area contributed by atoms with E-state index in [1.165, 1.54) is 5.57 Å². The summed E-state index contributed by atoms with van der Waals surface area (Å²) in [4.78, 5) is 8.46. The number of nitrogens with one attached hydrogen (secondary N) is 2. The molecule has 2 aromatic heterocycles. The van der Waals surface area contributed by atoms with Crippen molar-refractivity contribution >= 4 is 5.95 Å². The molecule has 5 nitrogen and oxygen atoms in total. The molecule has 0 amide bonds. The van der Waals surface area contributed by atoms with Gasteiger partial charge in [-0.15, -0.1) is 5.10 Å². The van der Waals surface area contributed by atoms with Crippen molar-refractivity contribution in [1.82, 2.24) is 20.2 Å². The number of hydrogen-bond acceptors (Lipinski definition) is 4. The van der Waals surface area contributed by atoms with Gasteiger partial charge >= 0.3 is 0 Å². The Kier molecular flexibility index (Phi) is 5.46. The van der Waals surface area contributed by atoms with Crippen LogP contribution in [0.5, 0.6) is 0 Å². The molecular formula is C16H19N5. The van der Waals surface area contributed by atoms with Gasteiger partial charge < -0.3 is 5.32 Å². The average Bonchev–Trinajstić information content (AvgIpc) is 2.97. The third-order valence-corrected chi connectivity index (χ3v) is 2.83. The van der Waals surface area contributed by atoms with Gasteiger partial charge in [0, 0.05) is 24.5 Å². The number of allylic oxidation sites excluding steroid dienone is 4. The Morgan fingerprint density at radius 3 is 3.10 bits per heavy atom. The number of aromatic nitrogens is 4. The number of anilines is 1. The second-order valence-corrected chi connectivity index (χ2v) is 4.40. The predicted octanol–water partition coefficient (Wildman–Crippen LogP) is 3.36. The second-order valence-electron chi connectivity index (χ2n) is 4.40. The van der Waals surface area contributed by atoms with E-state index in [1.807, 2.05) is 31.2 Å². The molecule has 0 saturated carbocycles. The lowest BCUT2D eigenvalue weighted by atomic mass is 10.1. The van der Waals surface area contributed by atoms with E-state index < -0.39 is 0 Å².